The molecule has 2 saturated heterocycles. The largest absolute Gasteiger partial charge is 0.445 e. The molecule has 0 unspecified atom stereocenters. The Labute approximate surface area is 516 Å². The van der Waals surface area contributed by atoms with E-state index in [0.717, 1.165) is 16.9 Å². The molecule has 0 radical (unpaired) electrons. The zero-order valence-corrected chi connectivity index (χ0v) is 50.0. The molecule has 0 bridgehead atoms. The Hall–Kier alpha value is -7.05. The van der Waals surface area contributed by atoms with E-state index in [-0.39, 0.29) is 59.2 Å². The second-order valence-electron chi connectivity index (χ2n) is 21.8. The number of hydrogen-bond donors (Lipinski definition) is 10. The molecule has 4 aromatic carbocycles. The first kappa shape index (κ1) is 69.4. The summed E-state index contributed by atoms with van der Waals surface area (Å²) in [6, 6.07) is 31.1. The van der Waals surface area contributed by atoms with Gasteiger partial charge in [0.25, 0.3) is 5.91 Å². The van der Waals surface area contributed by atoms with E-state index in [1.807, 2.05) is 19.9 Å². The van der Waals surface area contributed by atoms with Crippen molar-refractivity contribution in [3.63, 3.8) is 0 Å². The molecule has 89 heavy (non-hydrogen) atoms. The number of aliphatic hydroxyl groups excluding tert-OH is 6. The Morgan fingerprint density at radius 2 is 1.04 bits per heavy atom. The number of unbranched alkanes of at least 4 members (excludes halogenated alkanes) is 2. The number of rotatable bonds is 32. The van der Waals surface area contributed by atoms with Crippen LogP contribution in [0.2, 0.25) is 0 Å². The van der Waals surface area contributed by atoms with Crippen LogP contribution in [0.15, 0.2) is 121 Å². The van der Waals surface area contributed by atoms with E-state index in [0.29, 0.717) is 36.0 Å². The minimum atomic E-state index is -1.91. The van der Waals surface area contributed by atoms with Crippen LogP contribution in [0.1, 0.15) is 74.6 Å². The number of alkyl carbamates (subject to hydrolysis) is 3. The minimum absolute atomic E-state index is 0.0425. The Morgan fingerprint density at radius 3 is 1.56 bits per heavy atom. The van der Waals surface area contributed by atoms with Gasteiger partial charge in [0.05, 0.1) is 50.5 Å². The molecule has 26 heteroatoms. The van der Waals surface area contributed by atoms with E-state index in [1.54, 1.807) is 115 Å². The number of amides is 5. The van der Waals surface area contributed by atoms with Gasteiger partial charge in [0, 0.05) is 26.2 Å². The summed E-state index contributed by atoms with van der Waals surface area (Å²) in [5.41, 5.74) is 2.66. The third-order valence-corrected chi connectivity index (χ3v) is 15.1. The molecule has 7 rings (SSSR count). The maximum atomic E-state index is 15.0. The number of benzene rings is 4. The third kappa shape index (κ3) is 21.6. The number of nitrogens with one attached hydrogen (secondary N) is 4. The first-order valence-corrected chi connectivity index (χ1v) is 30.1. The van der Waals surface area contributed by atoms with Crippen LogP contribution in [0.4, 0.5) is 19.2 Å². The van der Waals surface area contributed by atoms with Crippen LogP contribution in [-0.2, 0) is 78.6 Å². The Morgan fingerprint density at radius 1 is 0.551 bits per heavy atom. The molecular formula is C63H85N5O21. The quantitative estimate of drug-likeness (QED) is 0.0247. The molecule has 1 saturated carbocycles. The lowest BCUT2D eigenvalue weighted by Crippen LogP contribution is -2.69. The predicted molar refractivity (Wildman–Crippen MR) is 316 cm³/mol. The van der Waals surface area contributed by atoms with E-state index in [1.165, 1.54) is 0 Å². The molecule has 5 amide bonds. The third-order valence-electron chi connectivity index (χ3n) is 15.1. The summed E-state index contributed by atoms with van der Waals surface area (Å²) in [5.74, 6) is -0.831. The van der Waals surface area contributed by atoms with Crippen molar-refractivity contribution in [3.8, 4) is 0 Å². The van der Waals surface area contributed by atoms with Crippen molar-refractivity contribution >= 4 is 30.3 Å². The van der Waals surface area contributed by atoms with Gasteiger partial charge in [-0.1, -0.05) is 148 Å². The van der Waals surface area contributed by atoms with Gasteiger partial charge in [-0.25, -0.2) is 19.2 Å². The van der Waals surface area contributed by atoms with Crippen LogP contribution < -0.4 is 21.3 Å². The standard InChI is InChI=1S/C63H85N5O21/c1-3-5-29-80-48(33-64-60(76)82-36-40-19-11-7-12-20-40)55(81-30-6-4-2)57(75)65-44-31-45(66-61(77)83-37-41-21-13-8-14-22-41)54(56(51(44)72)89-59-53(74)52(73)50(35-70)87-59)88-58-46(67-62(78)84-38-42-23-15-9-16-24-42)32-47(71)49(86-58)34-68(27-28-69)63(79)85-39-43-25-17-10-18-26-43/h7-26,44-56,58-59,69-74H,3-6,27-39H2,1-2H3,(H,64,76)(H,65,75)(H,66,77)(H,67,78)/t44-,45+,46-,47+,48-,49-,50-,51+,52-,53-,54-,55+,56-,58-,59+/m1/s1. The molecule has 488 valence electrons. The summed E-state index contributed by atoms with van der Waals surface area (Å²) in [6.07, 6.45) is -21.3. The Bertz CT molecular complexity index is 2730. The summed E-state index contributed by atoms with van der Waals surface area (Å²) < 4.78 is 60.4. The second-order valence-corrected chi connectivity index (χ2v) is 21.8. The number of carbonyl (C=O) groups excluding carboxylic acids is 5. The zero-order valence-electron chi connectivity index (χ0n) is 50.0. The molecule has 15 atom stereocenters. The normalized spacial score (nSPS) is 25.6. The highest BCUT2D eigenvalue weighted by Gasteiger charge is 2.54. The molecule has 10 N–H and O–H groups in total. The maximum absolute atomic E-state index is 15.0. The van der Waals surface area contributed by atoms with Gasteiger partial charge in [-0.15, -0.1) is 0 Å². The minimum Gasteiger partial charge on any atom is -0.445 e. The lowest BCUT2D eigenvalue weighted by Gasteiger charge is -2.48. The van der Waals surface area contributed by atoms with E-state index >= 15 is 4.79 Å². The van der Waals surface area contributed by atoms with Crippen molar-refractivity contribution in [2.45, 2.75) is 171 Å². The molecule has 2 heterocycles. The Balaban J connectivity index is 1.23. The number of hydrogen-bond acceptors (Lipinski definition) is 21. The molecule has 2 aliphatic heterocycles. The SMILES string of the molecule is CCCCO[C@H](C(=O)N[C@@H]1C[C@H](NC(=O)OCc2ccccc2)[C@@H](O[C@H]2O[C@H](CN(CCO)C(=O)OCc3ccccc3)[C@@H](O)C[C@H]2NC(=O)OCc2ccccc2)[C@H](O[C@@H]2O[C@H](CO)[C@@H](O)[C@H]2O)[C@H]1O)[C@@H](CNC(=O)OCc1ccccc1)OCCCC. The van der Waals surface area contributed by atoms with Crippen molar-refractivity contribution in [2.75, 3.05) is 46.1 Å². The fourth-order valence-corrected chi connectivity index (χ4v) is 10.2. The lowest BCUT2D eigenvalue weighted by molar-refractivity contribution is -0.300. The van der Waals surface area contributed by atoms with Gasteiger partial charge < -0.3 is 104 Å². The first-order chi connectivity index (χ1) is 43.2. The topological polar surface area (TPSA) is 350 Å². The molecule has 0 spiro atoms. The van der Waals surface area contributed by atoms with Gasteiger partial charge in [-0.2, -0.15) is 0 Å². The van der Waals surface area contributed by atoms with Gasteiger partial charge in [-0.3, -0.25) is 4.79 Å². The van der Waals surface area contributed by atoms with Crippen LogP contribution in [0.3, 0.4) is 0 Å². The van der Waals surface area contributed by atoms with Gasteiger partial charge in [0.2, 0.25) is 0 Å². The highest BCUT2D eigenvalue weighted by Crippen LogP contribution is 2.34. The summed E-state index contributed by atoms with van der Waals surface area (Å²) in [6.45, 7) is 1.27. The van der Waals surface area contributed by atoms with Crippen LogP contribution in [0.25, 0.3) is 0 Å². The van der Waals surface area contributed by atoms with E-state index in [4.69, 9.17) is 47.4 Å². The van der Waals surface area contributed by atoms with Crippen molar-refractivity contribution in [1.29, 1.82) is 0 Å². The van der Waals surface area contributed by atoms with Crippen LogP contribution in [0, 0.1) is 0 Å². The average molecular weight is 1250 g/mol. The smallest absolute Gasteiger partial charge is 0.410 e. The maximum Gasteiger partial charge on any atom is 0.410 e. The number of nitrogens with zero attached hydrogens (tertiary/aromatic N) is 1. The highest BCUT2D eigenvalue weighted by molar-refractivity contribution is 5.82. The van der Waals surface area contributed by atoms with Gasteiger partial charge in [0.15, 0.2) is 18.7 Å². The van der Waals surface area contributed by atoms with Crippen molar-refractivity contribution in [1.82, 2.24) is 26.2 Å². The van der Waals surface area contributed by atoms with Crippen LogP contribution in [-0.4, -0.2) is 204 Å². The van der Waals surface area contributed by atoms with Crippen LogP contribution in [0.5, 0.6) is 0 Å². The fourth-order valence-electron chi connectivity index (χ4n) is 10.2. The second kappa shape index (κ2) is 36.6. The summed E-state index contributed by atoms with van der Waals surface area (Å²) >= 11 is 0. The number of carbonyl (C=O) groups is 5. The Kier molecular flexibility index (Phi) is 28.5. The zero-order chi connectivity index (χ0) is 63.5. The lowest BCUT2D eigenvalue weighted by atomic mass is 9.83. The summed E-state index contributed by atoms with van der Waals surface area (Å²) in [7, 11) is 0. The van der Waals surface area contributed by atoms with E-state index in [9.17, 15) is 49.8 Å². The van der Waals surface area contributed by atoms with E-state index < -0.39 is 148 Å². The van der Waals surface area contributed by atoms with Crippen LogP contribution >= 0.6 is 0 Å². The molecule has 0 aromatic heterocycles. The van der Waals surface area contributed by atoms with Gasteiger partial charge in [-0.05, 0) is 41.5 Å². The van der Waals surface area contributed by atoms with Gasteiger partial charge in [0.1, 0.15) is 75.3 Å². The average Bonchev–Trinajstić information content (AvgIpc) is 2.63. The molecular weight excluding hydrogens is 1160 g/mol. The number of aliphatic hydroxyl groups is 6. The van der Waals surface area contributed by atoms with E-state index in [2.05, 4.69) is 21.3 Å². The van der Waals surface area contributed by atoms with Gasteiger partial charge >= 0.3 is 24.4 Å². The molecule has 4 aromatic rings. The highest BCUT2D eigenvalue weighted by atomic mass is 16.7. The van der Waals surface area contributed by atoms with Crippen molar-refractivity contribution < 1.29 is 102 Å². The summed E-state index contributed by atoms with van der Waals surface area (Å²) in [4.78, 5) is 70.9. The molecule has 3 aliphatic rings. The molecule has 3 fully saturated rings. The fraction of sp³-hybridized carbons (Fsp3) is 0.540. The first-order valence-electron chi connectivity index (χ1n) is 30.1. The predicted octanol–water partition coefficient (Wildman–Crippen LogP) is 3.44. The molecule has 1 aliphatic carbocycles. The van der Waals surface area contributed by atoms with Crippen molar-refractivity contribution in [3.05, 3.63) is 144 Å². The summed E-state index contributed by atoms with van der Waals surface area (Å²) in [5, 5.41) is 78.3. The molecule has 26 nitrogen and oxygen atoms in total. The monoisotopic (exact) mass is 1250 g/mol. The number of ether oxygens (including phenoxy) is 10. The van der Waals surface area contributed by atoms with Crippen molar-refractivity contribution in [2.24, 2.45) is 0 Å².